The zero-order valence-electron chi connectivity index (χ0n) is 10.6. The molecule has 6 N–H and O–H groups in total. The van der Waals surface area contributed by atoms with Gasteiger partial charge in [-0.25, -0.2) is 4.79 Å². The number of aliphatic carboxylic acids is 4. The maximum absolute atomic E-state index is 11.4. The second kappa shape index (κ2) is 8.47. The zero-order valence-corrected chi connectivity index (χ0v) is 10.6. The average molecular weight is 306 g/mol. The Bertz CT molecular complexity index is 448. The number of hydrogen-bond acceptors (Lipinski definition) is 6. The van der Waals surface area contributed by atoms with Gasteiger partial charge in [0.25, 0.3) is 0 Å². The first-order valence-electron chi connectivity index (χ1n) is 5.55. The number of rotatable bonds is 10. The molecule has 11 heteroatoms. The van der Waals surface area contributed by atoms with Crippen molar-refractivity contribution < 1.29 is 44.4 Å². The number of carboxylic acids is 4. The summed E-state index contributed by atoms with van der Waals surface area (Å²) >= 11 is 0. The minimum atomic E-state index is -1.67. The van der Waals surface area contributed by atoms with Crippen LogP contribution >= 0.6 is 0 Å². The Morgan fingerprint density at radius 1 is 0.762 bits per heavy atom. The second-order valence-corrected chi connectivity index (χ2v) is 3.93. The smallest absolute Gasteiger partial charge is 0.326 e. The van der Waals surface area contributed by atoms with Gasteiger partial charge in [-0.05, 0) is 0 Å². The van der Waals surface area contributed by atoms with Gasteiger partial charge in [0.2, 0.25) is 5.91 Å². The molecule has 0 heterocycles. The van der Waals surface area contributed by atoms with Gasteiger partial charge in [-0.2, -0.15) is 0 Å². The molecule has 0 bridgehead atoms. The minimum absolute atomic E-state index is 0.673. The van der Waals surface area contributed by atoms with Gasteiger partial charge in [0.05, 0.1) is 19.4 Å². The fourth-order valence-corrected chi connectivity index (χ4v) is 1.26. The number of carbonyl (C=O) groups is 5. The monoisotopic (exact) mass is 306 g/mol. The first-order chi connectivity index (χ1) is 9.63. The molecule has 0 aliphatic rings. The molecule has 0 rings (SSSR count). The lowest BCUT2D eigenvalue weighted by molar-refractivity contribution is -0.147. The molecule has 21 heavy (non-hydrogen) atoms. The van der Waals surface area contributed by atoms with Crippen LogP contribution in [-0.2, 0) is 24.0 Å². The molecule has 0 aromatic rings. The summed E-state index contributed by atoms with van der Waals surface area (Å²) in [7, 11) is 0. The maximum atomic E-state index is 11.4. The summed E-state index contributed by atoms with van der Waals surface area (Å²) in [6, 6.07) is -3.20. The van der Waals surface area contributed by atoms with Crippen molar-refractivity contribution in [3.05, 3.63) is 0 Å². The molecular formula is C10H14N2O9. The molecule has 0 aromatic carbocycles. The molecule has 0 fully saturated rings. The van der Waals surface area contributed by atoms with E-state index in [1.54, 1.807) is 0 Å². The van der Waals surface area contributed by atoms with E-state index in [-0.39, 0.29) is 0 Å². The molecule has 0 aliphatic heterocycles. The van der Waals surface area contributed by atoms with Gasteiger partial charge in [0.1, 0.15) is 12.1 Å². The van der Waals surface area contributed by atoms with Gasteiger partial charge in [0, 0.05) is 0 Å². The first-order valence-corrected chi connectivity index (χ1v) is 5.55. The van der Waals surface area contributed by atoms with Crippen LogP contribution in [0.3, 0.4) is 0 Å². The normalized spacial score (nSPS) is 13.0. The third-order valence-electron chi connectivity index (χ3n) is 2.20. The molecular weight excluding hydrogens is 292 g/mol. The third-order valence-corrected chi connectivity index (χ3v) is 2.20. The third kappa shape index (κ3) is 8.15. The quantitative estimate of drug-likeness (QED) is 0.252. The fourth-order valence-electron chi connectivity index (χ4n) is 1.26. The Hall–Kier alpha value is -2.69. The Balaban J connectivity index is 4.46. The first kappa shape index (κ1) is 18.3. The highest BCUT2D eigenvalue weighted by Gasteiger charge is 2.25. The van der Waals surface area contributed by atoms with E-state index in [1.165, 1.54) is 0 Å². The summed E-state index contributed by atoms with van der Waals surface area (Å²) in [6.45, 7) is -0.673. The largest absolute Gasteiger partial charge is 0.481 e. The van der Waals surface area contributed by atoms with Crippen LogP contribution < -0.4 is 10.6 Å². The van der Waals surface area contributed by atoms with Gasteiger partial charge in [-0.15, -0.1) is 0 Å². The van der Waals surface area contributed by atoms with E-state index in [2.05, 4.69) is 5.32 Å². The fraction of sp³-hybridized carbons (Fsp3) is 0.500. The highest BCUT2D eigenvalue weighted by molar-refractivity contribution is 5.88. The summed E-state index contributed by atoms with van der Waals surface area (Å²) in [4.78, 5) is 53.6. The summed E-state index contributed by atoms with van der Waals surface area (Å²) < 4.78 is 0. The lowest BCUT2D eigenvalue weighted by Gasteiger charge is -2.15. The summed E-state index contributed by atoms with van der Waals surface area (Å²) in [5.74, 6) is -6.87. The van der Waals surface area contributed by atoms with Crippen molar-refractivity contribution in [3.8, 4) is 0 Å². The van der Waals surface area contributed by atoms with Crippen molar-refractivity contribution in [2.75, 3.05) is 6.54 Å². The molecule has 0 radical (unpaired) electrons. The Kier molecular flexibility index (Phi) is 7.39. The van der Waals surface area contributed by atoms with Crippen molar-refractivity contribution in [3.63, 3.8) is 0 Å². The highest BCUT2D eigenvalue weighted by Crippen LogP contribution is 1.94. The van der Waals surface area contributed by atoms with Crippen LogP contribution in [0, 0.1) is 0 Å². The van der Waals surface area contributed by atoms with E-state index in [0.717, 1.165) is 0 Å². The van der Waals surface area contributed by atoms with E-state index in [9.17, 15) is 24.0 Å². The predicted octanol–water partition coefficient (Wildman–Crippen LogP) is -2.45. The van der Waals surface area contributed by atoms with E-state index in [0.29, 0.717) is 0 Å². The van der Waals surface area contributed by atoms with Crippen molar-refractivity contribution in [2.45, 2.75) is 24.9 Å². The Morgan fingerprint density at radius 3 is 1.57 bits per heavy atom. The van der Waals surface area contributed by atoms with Crippen molar-refractivity contribution in [1.29, 1.82) is 0 Å². The lowest BCUT2D eigenvalue weighted by Crippen LogP contribution is -2.48. The van der Waals surface area contributed by atoms with E-state index < -0.39 is 61.3 Å². The van der Waals surface area contributed by atoms with Crippen LogP contribution in [-0.4, -0.2) is 68.8 Å². The van der Waals surface area contributed by atoms with Crippen LogP contribution in [0.25, 0.3) is 0 Å². The topological polar surface area (TPSA) is 190 Å². The lowest BCUT2D eigenvalue weighted by atomic mass is 10.2. The Labute approximate surface area is 117 Å². The predicted molar refractivity (Wildman–Crippen MR) is 63.5 cm³/mol. The van der Waals surface area contributed by atoms with Crippen LogP contribution in [0.4, 0.5) is 0 Å². The van der Waals surface area contributed by atoms with Crippen molar-refractivity contribution in [1.82, 2.24) is 10.6 Å². The standard InChI is InChI=1S/C10H14N2O9/c13-6(12-5(10(20)21)2-8(16)17)3-11-4(9(18)19)1-7(14)15/h4-5,11H,1-3H2,(H,12,13)(H,14,15)(H,16,17)(H,18,19)(H,20,21). The summed E-state index contributed by atoms with van der Waals surface area (Å²) in [5.41, 5.74) is 0. The molecule has 0 aliphatic carbocycles. The van der Waals surface area contributed by atoms with E-state index in [1.807, 2.05) is 5.32 Å². The molecule has 0 spiro atoms. The van der Waals surface area contributed by atoms with E-state index >= 15 is 0 Å². The van der Waals surface area contributed by atoms with Crippen LogP contribution in [0.2, 0.25) is 0 Å². The molecule has 0 saturated carbocycles. The molecule has 11 nitrogen and oxygen atoms in total. The Morgan fingerprint density at radius 2 is 1.19 bits per heavy atom. The van der Waals surface area contributed by atoms with Crippen LogP contribution in [0.5, 0.6) is 0 Å². The molecule has 2 unspecified atom stereocenters. The average Bonchev–Trinajstić information content (AvgIpc) is 2.32. The summed E-state index contributed by atoms with van der Waals surface area (Å²) in [5, 5.41) is 38.3. The second-order valence-electron chi connectivity index (χ2n) is 3.93. The highest BCUT2D eigenvalue weighted by atomic mass is 16.4. The van der Waals surface area contributed by atoms with Crippen LogP contribution in [0.1, 0.15) is 12.8 Å². The molecule has 1 amide bonds. The van der Waals surface area contributed by atoms with E-state index in [4.69, 9.17) is 20.4 Å². The number of carbonyl (C=O) groups excluding carboxylic acids is 1. The van der Waals surface area contributed by atoms with Crippen LogP contribution in [0.15, 0.2) is 0 Å². The van der Waals surface area contributed by atoms with Gasteiger partial charge in [-0.1, -0.05) is 0 Å². The number of nitrogens with one attached hydrogen (secondary N) is 2. The number of carboxylic acid groups (broad SMARTS) is 4. The van der Waals surface area contributed by atoms with Gasteiger partial charge in [-0.3, -0.25) is 24.5 Å². The maximum Gasteiger partial charge on any atom is 0.326 e. The van der Waals surface area contributed by atoms with Crippen molar-refractivity contribution in [2.24, 2.45) is 0 Å². The zero-order chi connectivity index (χ0) is 16.6. The number of hydrogen-bond donors (Lipinski definition) is 6. The van der Waals surface area contributed by atoms with Crippen molar-refractivity contribution >= 4 is 29.8 Å². The van der Waals surface area contributed by atoms with Gasteiger partial charge >= 0.3 is 23.9 Å². The molecule has 0 saturated heterocycles. The molecule has 0 aromatic heterocycles. The SMILES string of the molecule is O=C(O)CC(NCC(=O)NC(CC(=O)O)C(=O)O)C(=O)O. The molecule has 2 atom stereocenters. The van der Waals surface area contributed by atoms with Gasteiger partial charge < -0.3 is 25.7 Å². The van der Waals surface area contributed by atoms with Gasteiger partial charge in [0.15, 0.2) is 0 Å². The number of amides is 1. The minimum Gasteiger partial charge on any atom is -0.481 e. The molecule has 118 valence electrons. The summed E-state index contributed by atoms with van der Waals surface area (Å²) in [6.07, 6.45) is -1.63.